The van der Waals surface area contributed by atoms with E-state index in [9.17, 15) is 9.18 Å². The number of benzene rings is 2. The first-order valence-corrected chi connectivity index (χ1v) is 7.90. The van der Waals surface area contributed by atoms with Crippen LogP contribution in [0.3, 0.4) is 0 Å². The van der Waals surface area contributed by atoms with Crippen molar-refractivity contribution in [2.24, 2.45) is 0 Å². The highest BCUT2D eigenvalue weighted by molar-refractivity contribution is 5.94. The number of carbonyl (C=O) groups excluding carboxylic acids is 1. The minimum atomic E-state index is -0.300. The van der Waals surface area contributed by atoms with E-state index in [1.807, 2.05) is 42.2 Å². The lowest BCUT2D eigenvalue weighted by Crippen LogP contribution is -2.33. The Hall–Kier alpha value is -2.36. The molecule has 0 radical (unpaired) electrons. The number of halogens is 1. The van der Waals surface area contributed by atoms with Crippen molar-refractivity contribution >= 4 is 17.3 Å². The number of para-hydroxylation sites is 1. The van der Waals surface area contributed by atoms with Crippen molar-refractivity contribution in [1.29, 1.82) is 0 Å². The molecule has 0 spiro atoms. The van der Waals surface area contributed by atoms with E-state index in [0.29, 0.717) is 18.2 Å². The van der Waals surface area contributed by atoms with Crippen molar-refractivity contribution in [2.75, 3.05) is 23.3 Å². The summed E-state index contributed by atoms with van der Waals surface area (Å²) in [4.78, 5) is 14.2. The molecule has 0 unspecified atom stereocenters. The Bertz CT molecular complexity index is 670. The van der Waals surface area contributed by atoms with Crippen LogP contribution >= 0.6 is 0 Å². The van der Waals surface area contributed by atoms with Crippen molar-refractivity contribution in [2.45, 2.75) is 26.7 Å². The van der Waals surface area contributed by atoms with Crippen molar-refractivity contribution in [3.63, 3.8) is 0 Å². The Labute approximate surface area is 137 Å². The van der Waals surface area contributed by atoms with Gasteiger partial charge in [0, 0.05) is 17.9 Å². The van der Waals surface area contributed by atoms with Gasteiger partial charge in [0.05, 0.1) is 6.54 Å². The highest BCUT2D eigenvalue weighted by Gasteiger charge is 2.13. The van der Waals surface area contributed by atoms with Gasteiger partial charge in [-0.3, -0.25) is 4.79 Å². The first-order valence-electron chi connectivity index (χ1n) is 7.90. The number of nitrogens with zero attached hydrogens (tertiary/aromatic N) is 1. The Kier molecular flexibility index (Phi) is 5.74. The SMILES string of the molecule is CCN(CC(=O)Nc1ccccc1C(C)C)c1cccc(F)c1. The number of amides is 1. The summed E-state index contributed by atoms with van der Waals surface area (Å²) < 4.78 is 13.4. The third kappa shape index (κ3) is 4.55. The lowest BCUT2D eigenvalue weighted by Gasteiger charge is -2.23. The molecule has 0 aliphatic carbocycles. The molecule has 23 heavy (non-hydrogen) atoms. The first-order chi connectivity index (χ1) is 11.0. The maximum absolute atomic E-state index is 13.4. The molecular weight excluding hydrogens is 291 g/mol. The zero-order valence-corrected chi connectivity index (χ0v) is 13.8. The highest BCUT2D eigenvalue weighted by Crippen LogP contribution is 2.23. The standard InChI is InChI=1S/C19H23FN2O/c1-4-22(16-9-7-8-15(20)12-16)13-19(23)21-18-11-6-5-10-17(18)14(2)3/h5-12,14H,4,13H2,1-3H3,(H,21,23). The van der Waals surface area contributed by atoms with Crippen LogP contribution in [0.5, 0.6) is 0 Å². The van der Waals surface area contributed by atoms with E-state index in [1.165, 1.54) is 12.1 Å². The van der Waals surface area contributed by atoms with Gasteiger partial charge in [0.25, 0.3) is 0 Å². The number of hydrogen-bond donors (Lipinski definition) is 1. The molecule has 4 heteroatoms. The average molecular weight is 314 g/mol. The van der Waals surface area contributed by atoms with Crippen molar-refractivity contribution in [3.8, 4) is 0 Å². The van der Waals surface area contributed by atoms with E-state index in [2.05, 4.69) is 19.2 Å². The smallest absolute Gasteiger partial charge is 0.243 e. The second kappa shape index (κ2) is 7.77. The van der Waals surface area contributed by atoms with Crippen molar-refractivity contribution < 1.29 is 9.18 Å². The average Bonchev–Trinajstić information content (AvgIpc) is 2.53. The second-order valence-electron chi connectivity index (χ2n) is 5.78. The van der Waals surface area contributed by atoms with Gasteiger partial charge in [0.2, 0.25) is 5.91 Å². The van der Waals surface area contributed by atoms with Crippen LogP contribution in [0.25, 0.3) is 0 Å². The molecule has 0 saturated carbocycles. The van der Waals surface area contributed by atoms with Crippen LogP contribution in [0.4, 0.5) is 15.8 Å². The first kappa shape index (κ1) is 17.0. The van der Waals surface area contributed by atoms with Crippen LogP contribution in [0.15, 0.2) is 48.5 Å². The highest BCUT2D eigenvalue weighted by atomic mass is 19.1. The van der Waals surface area contributed by atoms with Gasteiger partial charge in [-0.2, -0.15) is 0 Å². The molecule has 0 atom stereocenters. The van der Waals surface area contributed by atoms with E-state index >= 15 is 0 Å². The number of rotatable bonds is 6. The molecule has 122 valence electrons. The molecule has 0 bridgehead atoms. The predicted octanol–water partition coefficient (Wildman–Crippen LogP) is 4.41. The van der Waals surface area contributed by atoms with E-state index in [1.54, 1.807) is 6.07 Å². The molecule has 1 N–H and O–H groups in total. The molecule has 2 aromatic rings. The van der Waals surface area contributed by atoms with Crippen LogP contribution in [0, 0.1) is 5.82 Å². The number of likely N-dealkylation sites (N-methyl/N-ethyl adjacent to an activating group) is 1. The predicted molar refractivity (Wildman–Crippen MR) is 93.4 cm³/mol. The summed E-state index contributed by atoms with van der Waals surface area (Å²) in [7, 11) is 0. The van der Waals surface area contributed by atoms with Crippen LogP contribution in [-0.4, -0.2) is 19.0 Å². The summed E-state index contributed by atoms with van der Waals surface area (Å²) in [5.41, 5.74) is 2.65. The van der Waals surface area contributed by atoms with Crippen LogP contribution in [0.2, 0.25) is 0 Å². The summed E-state index contributed by atoms with van der Waals surface area (Å²) in [6, 6.07) is 14.1. The fourth-order valence-electron chi connectivity index (χ4n) is 2.54. The Morgan fingerprint density at radius 3 is 2.57 bits per heavy atom. The van der Waals surface area contributed by atoms with Gasteiger partial charge in [-0.05, 0) is 42.7 Å². The number of hydrogen-bond acceptors (Lipinski definition) is 2. The van der Waals surface area contributed by atoms with E-state index < -0.39 is 0 Å². The summed E-state index contributed by atoms with van der Waals surface area (Å²) >= 11 is 0. The Morgan fingerprint density at radius 1 is 1.17 bits per heavy atom. The molecule has 0 heterocycles. The summed E-state index contributed by atoms with van der Waals surface area (Å²) in [6.07, 6.45) is 0. The molecule has 0 fully saturated rings. The van der Waals surface area contributed by atoms with Gasteiger partial charge in [0.1, 0.15) is 5.82 Å². The maximum Gasteiger partial charge on any atom is 0.243 e. The lowest BCUT2D eigenvalue weighted by molar-refractivity contribution is -0.115. The minimum Gasteiger partial charge on any atom is -0.362 e. The molecule has 0 aliphatic heterocycles. The molecule has 1 amide bonds. The topological polar surface area (TPSA) is 32.3 Å². The largest absolute Gasteiger partial charge is 0.362 e. The van der Waals surface area contributed by atoms with Crippen LogP contribution in [0.1, 0.15) is 32.3 Å². The second-order valence-corrected chi connectivity index (χ2v) is 5.78. The normalized spacial score (nSPS) is 10.7. The van der Waals surface area contributed by atoms with E-state index in [-0.39, 0.29) is 18.3 Å². The quantitative estimate of drug-likeness (QED) is 0.856. The van der Waals surface area contributed by atoms with E-state index in [4.69, 9.17) is 0 Å². The Morgan fingerprint density at radius 2 is 1.91 bits per heavy atom. The monoisotopic (exact) mass is 314 g/mol. The molecule has 0 saturated heterocycles. The van der Waals surface area contributed by atoms with Crippen molar-refractivity contribution in [1.82, 2.24) is 0 Å². The van der Waals surface area contributed by atoms with Crippen LogP contribution < -0.4 is 10.2 Å². The molecule has 2 rings (SSSR count). The number of anilines is 2. The van der Waals surface area contributed by atoms with Crippen LogP contribution in [-0.2, 0) is 4.79 Å². The summed E-state index contributed by atoms with van der Waals surface area (Å²) in [5.74, 6) is -0.0762. The Balaban J connectivity index is 2.09. The van der Waals surface area contributed by atoms with Gasteiger partial charge >= 0.3 is 0 Å². The molecular formula is C19H23FN2O. The third-order valence-electron chi connectivity index (χ3n) is 3.75. The molecule has 0 aliphatic rings. The zero-order valence-electron chi connectivity index (χ0n) is 13.8. The summed E-state index contributed by atoms with van der Waals surface area (Å²) in [5, 5.41) is 2.97. The fraction of sp³-hybridized carbons (Fsp3) is 0.316. The molecule has 2 aromatic carbocycles. The zero-order chi connectivity index (χ0) is 16.8. The van der Waals surface area contributed by atoms with Gasteiger partial charge in [-0.1, -0.05) is 38.1 Å². The lowest BCUT2D eigenvalue weighted by atomic mass is 10.0. The number of nitrogens with one attached hydrogen (secondary N) is 1. The van der Waals surface area contributed by atoms with Gasteiger partial charge < -0.3 is 10.2 Å². The maximum atomic E-state index is 13.4. The van der Waals surface area contributed by atoms with Gasteiger partial charge in [-0.25, -0.2) is 4.39 Å². The number of carbonyl (C=O) groups is 1. The van der Waals surface area contributed by atoms with Gasteiger partial charge in [0.15, 0.2) is 0 Å². The fourth-order valence-corrected chi connectivity index (χ4v) is 2.54. The molecule has 0 aromatic heterocycles. The third-order valence-corrected chi connectivity index (χ3v) is 3.75. The minimum absolute atomic E-state index is 0.107. The van der Waals surface area contributed by atoms with Gasteiger partial charge in [-0.15, -0.1) is 0 Å². The van der Waals surface area contributed by atoms with E-state index in [0.717, 1.165) is 11.3 Å². The summed E-state index contributed by atoms with van der Waals surface area (Å²) in [6.45, 7) is 6.95. The van der Waals surface area contributed by atoms with Crippen molar-refractivity contribution in [3.05, 3.63) is 59.9 Å². The molecule has 3 nitrogen and oxygen atoms in total.